The Balaban J connectivity index is 0.00000243. The third-order valence-corrected chi connectivity index (χ3v) is 6.20. The fourth-order valence-corrected chi connectivity index (χ4v) is 4.41. The van der Waals surface area contributed by atoms with Crippen molar-refractivity contribution in [3.05, 3.63) is 42.0 Å². The molecule has 1 aliphatic heterocycles. The third kappa shape index (κ3) is 4.23. The van der Waals surface area contributed by atoms with Crippen molar-refractivity contribution in [2.75, 3.05) is 12.3 Å². The van der Waals surface area contributed by atoms with E-state index in [9.17, 15) is 13.0 Å². The Morgan fingerprint density at radius 1 is 1.04 bits per heavy atom. The van der Waals surface area contributed by atoms with Gasteiger partial charge in [-0.2, -0.15) is 4.58 Å². The molecule has 0 unspecified atom stereocenters. The van der Waals surface area contributed by atoms with Crippen molar-refractivity contribution in [3.63, 3.8) is 0 Å². The van der Waals surface area contributed by atoms with Crippen molar-refractivity contribution in [3.8, 4) is 0 Å². The largest absolute Gasteiger partial charge is 1.00 e. The smallest absolute Gasteiger partial charge is 0.748 e. The predicted octanol–water partition coefficient (Wildman–Crippen LogP) is 0.955. The monoisotopic (exact) mass is 382 g/mol. The average Bonchev–Trinajstić information content (AvgIpc) is 2.74. The summed E-state index contributed by atoms with van der Waals surface area (Å²) in [5.74, 6) is -0.261. The maximum absolute atomic E-state index is 10.7. The van der Waals surface area contributed by atoms with Gasteiger partial charge in [-0.1, -0.05) is 24.3 Å². The van der Waals surface area contributed by atoms with Gasteiger partial charge in [0, 0.05) is 30.7 Å². The molecule has 0 amide bonds. The molecule has 0 saturated carbocycles. The number of rotatable bonds is 6. The van der Waals surface area contributed by atoms with Crippen molar-refractivity contribution in [1.29, 1.82) is 0 Å². The van der Waals surface area contributed by atoms with Gasteiger partial charge in [0.05, 0.1) is 15.5 Å². The zero-order chi connectivity index (χ0) is 18.2. The van der Waals surface area contributed by atoms with E-state index in [1.165, 1.54) is 27.7 Å². The van der Waals surface area contributed by atoms with Crippen molar-refractivity contribution in [2.45, 2.75) is 45.4 Å². The first-order chi connectivity index (χ1) is 11.7. The molecule has 3 rings (SSSR count). The van der Waals surface area contributed by atoms with Crippen LogP contribution in [-0.4, -0.2) is 35.6 Å². The molecule has 26 heavy (non-hydrogen) atoms. The first-order valence-corrected chi connectivity index (χ1v) is 10.4. The van der Waals surface area contributed by atoms with Crippen LogP contribution in [0.1, 0.15) is 45.6 Å². The van der Waals surface area contributed by atoms with Gasteiger partial charge in [-0.15, -0.1) is 0 Å². The van der Waals surface area contributed by atoms with Crippen LogP contribution in [0.15, 0.2) is 36.4 Å². The second kappa shape index (κ2) is 8.11. The second-order valence-electron chi connectivity index (χ2n) is 7.37. The SMILES string of the molecule is CC1=[N+](CCCCCS(=O)(=O)[O-])c2ccc3ccccc3c2C1(C)C.[Na+]. The minimum absolute atomic E-state index is 0. The minimum atomic E-state index is -4.09. The van der Waals surface area contributed by atoms with E-state index in [0.29, 0.717) is 6.42 Å². The van der Waals surface area contributed by atoms with Gasteiger partial charge in [0.2, 0.25) is 5.69 Å². The van der Waals surface area contributed by atoms with Crippen LogP contribution >= 0.6 is 0 Å². The fourth-order valence-electron chi connectivity index (χ4n) is 3.85. The van der Waals surface area contributed by atoms with Gasteiger partial charge in [0.15, 0.2) is 5.71 Å². The molecule has 6 heteroatoms. The van der Waals surface area contributed by atoms with Gasteiger partial charge in [0.25, 0.3) is 0 Å². The van der Waals surface area contributed by atoms with Gasteiger partial charge in [-0.05, 0) is 43.5 Å². The molecule has 0 atom stereocenters. The Morgan fingerprint density at radius 2 is 1.73 bits per heavy atom. The molecule has 4 nitrogen and oxygen atoms in total. The van der Waals surface area contributed by atoms with Gasteiger partial charge < -0.3 is 4.55 Å². The normalized spacial score (nSPS) is 15.8. The number of unbranched alkanes of at least 4 members (excludes halogenated alkanes) is 2. The van der Waals surface area contributed by atoms with E-state index < -0.39 is 10.1 Å². The Labute approximate surface area is 178 Å². The first-order valence-electron chi connectivity index (χ1n) is 8.79. The van der Waals surface area contributed by atoms with Crippen LogP contribution < -0.4 is 29.6 Å². The molecule has 0 spiro atoms. The van der Waals surface area contributed by atoms with Crippen molar-refractivity contribution < 1.29 is 47.1 Å². The Hall–Kier alpha value is -0.720. The topological polar surface area (TPSA) is 60.2 Å². The van der Waals surface area contributed by atoms with Crippen LogP contribution in [0, 0.1) is 0 Å². The first kappa shape index (κ1) is 21.6. The van der Waals surface area contributed by atoms with E-state index in [-0.39, 0.29) is 40.7 Å². The van der Waals surface area contributed by atoms with E-state index in [1.807, 2.05) is 0 Å². The van der Waals surface area contributed by atoms with Crippen LogP contribution in [-0.2, 0) is 15.5 Å². The molecule has 0 radical (unpaired) electrons. The summed E-state index contributed by atoms with van der Waals surface area (Å²) in [5, 5.41) is 2.55. The molecular formula is C20H25NNaO3S+. The van der Waals surface area contributed by atoms with Gasteiger partial charge in [0.1, 0.15) is 6.54 Å². The van der Waals surface area contributed by atoms with Gasteiger partial charge >= 0.3 is 29.6 Å². The molecule has 0 bridgehead atoms. The predicted molar refractivity (Wildman–Crippen MR) is 101 cm³/mol. The van der Waals surface area contributed by atoms with Crippen LogP contribution in [0.4, 0.5) is 5.69 Å². The second-order valence-corrected chi connectivity index (χ2v) is 8.89. The minimum Gasteiger partial charge on any atom is -0.748 e. The number of hydrogen-bond donors (Lipinski definition) is 0. The summed E-state index contributed by atoms with van der Waals surface area (Å²) in [6, 6.07) is 12.8. The standard InChI is InChI=1S/C20H25NO3S.Na/c1-15-20(2,3)19-17-10-6-5-9-16(17)11-12-18(19)21(15)13-7-4-8-14-25(22,23)24;/h5-6,9-12H,4,7-8,13-14H2,1-3H3;/q;+1. The maximum atomic E-state index is 10.7. The Bertz CT molecular complexity index is 949. The van der Waals surface area contributed by atoms with E-state index >= 15 is 0 Å². The van der Waals surface area contributed by atoms with E-state index in [0.717, 1.165) is 19.4 Å². The zero-order valence-corrected chi connectivity index (χ0v) is 18.9. The molecular weight excluding hydrogens is 357 g/mol. The van der Waals surface area contributed by atoms with Crippen molar-refractivity contribution in [1.82, 2.24) is 0 Å². The Morgan fingerprint density at radius 3 is 2.42 bits per heavy atom. The summed E-state index contributed by atoms with van der Waals surface area (Å²) in [6.45, 7) is 7.55. The summed E-state index contributed by atoms with van der Waals surface area (Å²) in [4.78, 5) is 0. The number of benzene rings is 2. The van der Waals surface area contributed by atoms with Crippen LogP contribution in [0.25, 0.3) is 10.8 Å². The Kier molecular flexibility index (Phi) is 6.73. The molecule has 1 heterocycles. The summed E-state index contributed by atoms with van der Waals surface area (Å²) in [7, 11) is -4.09. The summed E-state index contributed by atoms with van der Waals surface area (Å²) < 4.78 is 34.5. The van der Waals surface area contributed by atoms with Crippen molar-refractivity contribution >= 4 is 32.3 Å². The molecule has 1 aliphatic rings. The van der Waals surface area contributed by atoms with Crippen LogP contribution in [0.5, 0.6) is 0 Å². The number of fused-ring (bicyclic) bond motifs is 3. The molecule has 0 fully saturated rings. The zero-order valence-electron chi connectivity index (χ0n) is 16.1. The third-order valence-electron chi connectivity index (χ3n) is 5.41. The number of nitrogens with zero attached hydrogens (tertiary/aromatic N) is 1. The van der Waals surface area contributed by atoms with Crippen LogP contribution in [0.2, 0.25) is 0 Å². The molecule has 0 saturated heterocycles. The van der Waals surface area contributed by atoms with E-state index in [4.69, 9.17) is 0 Å². The summed E-state index contributed by atoms with van der Waals surface area (Å²) in [5.41, 5.74) is 3.90. The number of hydrogen-bond acceptors (Lipinski definition) is 3. The molecule has 0 aliphatic carbocycles. The van der Waals surface area contributed by atoms with Gasteiger partial charge in [-0.25, -0.2) is 8.42 Å². The van der Waals surface area contributed by atoms with Crippen molar-refractivity contribution in [2.24, 2.45) is 0 Å². The summed E-state index contributed by atoms with van der Waals surface area (Å²) >= 11 is 0. The maximum Gasteiger partial charge on any atom is 1.00 e. The van der Waals surface area contributed by atoms with E-state index in [2.05, 4.69) is 61.7 Å². The average molecular weight is 382 g/mol. The molecule has 0 N–H and O–H groups in total. The van der Waals surface area contributed by atoms with Gasteiger partial charge in [-0.3, -0.25) is 0 Å². The molecule has 2 aromatic carbocycles. The quantitative estimate of drug-likeness (QED) is 0.324. The summed E-state index contributed by atoms with van der Waals surface area (Å²) in [6.07, 6.45) is 2.05. The van der Waals surface area contributed by atoms with Crippen LogP contribution in [0.3, 0.4) is 0 Å². The van der Waals surface area contributed by atoms with E-state index in [1.54, 1.807) is 0 Å². The molecule has 2 aromatic rings. The molecule has 0 aromatic heterocycles. The fraction of sp³-hybridized carbons (Fsp3) is 0.450. The molecule has 134 valence electrons.